The highest BCUT2D eigenvalue weighted by Crippen LogP contribution is 2.27. The summed E-state index contributed by atoms with van der Waals surface area (Å²) >= 11 is 1.65. The molecule has 21 heavy (non-hydrogen) atoms. The average Bonchev–Trinajstić information content (AvgIpc) is 2.47. The van der Waals surface area contributed by atoms with E-state index in [1.54, 1.807) is 18.9 Å². The number of ether oxygens (including phenoxy) is 1. The summed E-state index contributed by atoms with van der Waals surface area (Å²) in [6, 6.07) is 12.3. The van der Waals surface area contributed by atoms with E-state index in [-0.39, 0.29) is 0 Å². The van der Waals surface area contributed by atoms with Crippen molar-refractivity contribution in [3.63, 3.8) is 0 Å². The zero-order valence-corrected chi connectivity index (χ0v) is 13.7. The Morgan fingerprint density at radius 2 is 2.00 bits per heavy atom. The minimum absolute atomic E-state index is 0.556. The van der Waals surface area contributed by atoms with Gasteiger partial charge in [0.25, 0.3) is 0 Å². The summed E-state index contributed by atoms with van der Waals surface area (Å²) in [5.74, 6) is 1.60. The van der Waals surface area contributed by atoms with Crippen LogP contribution in [-0.2, 0) is 6.54 Å². The summed E-state index contributed by atoms with van der Waals surface area (Å²) in [5, 5.41) is 16.0. The van der Waals surface area contributed by atoms with Crippen LogP contribution in [0, 0.1) is 0 Å². The molecule has 1 atom stereocenters. The van der Waals surface area contributed by atoms with Crippen molar-refractivity contribution >= 4 is 22.5 Å². The van der Waals surface area contributed by atoms with Gasteiger partial charge in [0.05, 0.1) is 12.7 Å². The standard InChI is InChI=1S/C17H23NO2S/c1-17(19,12-21-3)11-18-10-15-14-7-5-4-6-13(14)8-9-16(15)20-2/h4-9,18-19H,10-12H2,1-3H3. The molecule has 0 aromatic heterocycles. The number of hydrogen-bond acceptors (Lipinski definition) is 4. The fourth-order valence-corrected chi connectivity index (χ4v) is 3.23. The highest BCUT2D eigenvalue weighted by molar-refractivity contribution is 7.98. The molecule has 0 saturated heterocycles. The van der Waals surface area contributed by atoms with Gasteiger partial charge >= 0.3 is 0 Å². The zero-order chi connectivity index (χ0) is 15.3. The number of fused-ring (bicyclic) bond motifs is 1. The molecule has 4 heteroatoms. The lowest BCUT2D eigenvalue weighted by Gasteiger charge is -2.23. The second kappa shape index (κ2) is 7.16. The van der Waals surface area contributed by atoms with E-state index >= 15 is 0 Å². The van der Waals surface area contributed by atoms with Crippen molar-refractivity contribution in [1.82, 2.24) is 5.32 Å². The molecule has 2 N–H and O–H groups in total. The summed E-state index contributed by atoms with van der Waals surface area (Å²) < 4.78 is 5.48. The minimum atomic E-state index is -0.697. The quantitative estimate of drug-likeness (QED) is 0.825. The zero-order valence-electron chi connectivity index (χ0n) is 12.8. The van der Waals surface area contributed by atoms with Crippen LogP contribution in [0.25, 0.3) is 10.8 Å². The van der Waals surface area contributed by atoms with E-state index in [0.29, 0.717) is 18.8 Å². The second-order valence-electron chi connectivity index (χ2n) is 5.50. The third-order valence-electron chi connectivity index (χ3n) is 3.48. The molecule has 0 radical (unpaired) electrons. The van der Waals surface area contributed by atoms with Gasteiger partial charge in [-0.2, -0.15) is 11.8 Å². The lowest BCUT2D eigenvalue weighted by molar-refractivity contribution is 0.0845. The van der Waals surface area contributed by atoms with Gasteiger partial charge in [-0.3, -0.25) is 0 Å². The maximum atomic E-state index is 10.2. The summed E-state index contributed by atoms with van der Waals surface area (Å²) in [4.78, 5) is 0. The van der Waals surface area contributed by atoms with Crippen molar-refractivity contribution in [3.8, 4) is 5.75 Å². The van der Waals surface area contributed by atoms with Gasteiger partial charge in [0, 0.05) is 24.4 Å². The predicted octanol–water partition coefficient (Wildman–Crippen LogP) is 3.05. The van der Waals surface area contributed by atoms with Crippen LogP contribution in [0.4, 0.5) is 0 Å². The van der Waals surface area contributed by atoms with Crippen molar-refractivity contribution < 1.29 is 9.84 Å². The molecule has 0 heterocycles. The molecule has 2 aromatic rings. The molecule has 0 fully saturated rings. The number of methoxy groups -OCH3 is 1. The van der Waals surface area contributed by atoms with E-state index < -0.39 is 5.60 Å². The van der Waals surface area contributed by atoms with E-state index in [1.165, 1.54) is 10.8 Å². The molecule has 2 aromatic carbocycles. The maximum Gasteiger partial charge on any atom is 0.123 e. The Morgan fingerprint density at radius 1 is 1.24 bits per heavy atom. The van der Waals surface area contributed by atoms with Gasteiger partial charge in [0.1, 0.15) is 5.75 Å². The molecule has 114 valence electrons. The van der Waals surface area contributed by atoms with Crippen LogP contribution in [0.5, 0.6) is 5.75 Å². The Kier molecular flexibility index (Phi) is 5.51. The van der Waals surface area contributed by atoms with Gasteiger partial charge in [-0.25, -0.2) is 0 Å². The maximum absolute atomic E-state index is 10.2. The normalized spacial score (nSPS) is 14.1. The highest BCUT2D eigenvalue weighted by Gasteiger charge is 2.19. The lowest BCUT2D eigenvalue weighted by atomic mass is 10.0. The van der Waals surface area contributed by atoms with Crippen LogP contribution in [0.1, 0.15) is 12.5 Å². The van der Waals surface area contributed by atoms with Crippen molar-refractivity contribution in [2.75, 3.05) is 25.7 Å². The Bertz CT molecular complexity index is 598. The van der Waals surface area contributed by atoms with Crippen LogP contribution in [-0.4, -0.2) is 36.4 Å². The van der Waals surface area contributed by atoms with Gasteiger partial charge < -0.3 is 15.2 Å². The van der Waals surface area contributed by atoms with Crippen molar-refractivity contribution in [3.05, 3.63) is 42.0 Å². The Balaban J connectivity index is 2.17. The molecule has 0 aliphatic heterocycles. The average molecular weight is 305 g/mol. The van der Waals surface area contributed by atoms with Crippen LogP contribution in [0.2, 0.25) is 0 Å². The summed E-state index contributed by atoms with van der Waals surface area (Å²) in [6.07, 6.45) is 2.00. The molecule has 0 saturated carbocycles. The molecular formula is C17H23NO2S. The van der Waals surface area contributed by atoms with Crippen molar-refractivity contribution in [2.24, 2.45) is 0 Å². The van der Waals surface area contributed by atoms with Gasteiger partial charge in [-0.15, -0.1) is 0 Å². The summed E-state index contributed by atoms with van der Waals surface area (Å²) in [7, 11) is 1.69. The number of nitrogens with one attached hydrogen (secondary N) is 1. The van der Waals surface area contributed by atoms with E-state index in [0.717, 1.165) is 11.3 Å². The molecule has 2 rings (SSSR count). The topological polar surface area (TPSA) is 41.5 Å². The Labute approximate surface area is 130 Å². The van der Waals surface area contributed by atoms with E-state index in [1.807, 2.05) is 31.4 Å². The molecule has 1 unspecified atom stereocenters. The van der Waals surface area contributed by atoms with Gasteiger partial charge in [0.15, 0.2) is 0 Å². The first-order valence-electron chi connectivity index (χ1n) is 7.04. The first-order chi connectivity index (χ1) is 10.1. The molecule has 0 aliphatic rings. The largest absolute Gasteiger partial charge is 0.496 e. The van der Waals surface area contributed by atoms with Crippen LogP contribution < -0.4 is 10.1 Å². The molecule has 3 nitrogen and oxygen atoms in total. The van der Waals surface area contributed by atoms with E-state index in [2.05, 4.69) is 23.5 Å². The molecule has 0 amide bonds. The highest BCUT2D eigenvalue weighted by atomic mass is 32.2. The SMILES string of the molecule is COc1ccc2ccccc2c1CNCC(C)(O)CSC. The summed E-state index contributed by atoms with van der Waals surface area (Å²) in [6.45, 7) is 3.09. The predicted molar refractivity (Wildman–Crippen MR) is 91.2 cm³/mol. The Morgan fingerprint density at radius 3 is 2.71 bits per heavy atom. The molecule has 0 aliphatic carbocycles. The minimum Gasteiger partial charge on any atom is -0.496 e. The first-order valence-corrected chi connectivity index (χ1v) is 8.43. The number of thioether (sulfide) groups is 1. The first kappa shape index (κ1) is 16.1. The van der Waals surface area contributed by atoms with Gasteiger partial charge in [0.2, 0.25) is 0 Å². The fourth-order valence-electron chi connectivity index (χ4n) is 2.51. The summed E-state index contributed by atoms with van der Waals surface area (Å²) in [5.41, 5.74) is 0.438. The monoisotopic (exact) mass is 305 g/mol. The van der Waals surface area contributed by atoms with Crippen LogP contribution >= 0.6 is 11.8 Å². The van der Waals surface area contributed by atoms with Crippen LogP contribution in [0.3, 0.4) is 0 Å². The van der Waals surface area contributed by atoms with Gasteiger partial charge in [-0.1, -0.05) is 30.3 Å². The van der Waals surface area contributed by atoms with E-state index in [4.69, 9.17) is 4.74 Å². The third kappa shape index (κ3) is 4.13. The second-order valence-corrected chi connectivity index (χ2v) is 6.37. The third-order valence-corrected chi connectivity index (χ3v) is 4.39. The number of hydrogen-bond donors (Lipinski definition) is 2. The fraction of sp³-hybridized carbons (Fsp3) is 0.412. The number of benzene rings is 2. The van der Waals surface area contributed by atoms with Gasteiger partial charge in [-0.05, 0) is 30.0 Å². The van der Waals surface area contributed by atoms with Crippen LogP contribution in [0.15, 0.2) is 36.4 Å². The van der Waals surface area contributed by atoms with E-state index in [9.17, 15) is 5.11 Å². The number of rotatable bonds is 7. The smallest absolute Gasteiger partial charge is 0.123 e. The number of aliphatic hydroxyl groups is 1. The Hall–Kier alpha value is -1.23. The molecular weight excluding hydrogens is 282 g/mol. The molecule has 0 spiro atoms. The van der Waals surface area contributed by atoms with Crippen molar-refractivity contribution in [2.45, 2.75) is 19.1 Å². The van der Waals surface area contributed by atoms with Crippen molar-refractivity contribution in [1.29, 1.82) is 0 Å². The lowest BCUT2D eigenvalue weighted by Crippen LogP contribution is -2.39. The molecule has 0 bridgehead atoms.